The van der Waals surface area contributed by atoms with Gasteiger partial charge >= 0.3 is 0 Å². The van der Waals surface area contributed by atoms with Gasteiger partial charge in [-0.3, -0.25) is 0 Å². The van der Waals surface area contributed by atoms with Crippen LogP contribution in [0.5, 0.6) is 0 Å². The van der Waals surface area contributed by atoms with Gasteiger partial charge in [-0.25, -0.2) is 15.0 Å². The number of aliphatic hydroxyl groups is 1. The van der Waals surface area contributed by atoms with Crippen LogP contribution in [-0.4, -0.2) is 33.1 Å². The molecule has 0 aliphatic carbocycles. The molecule has 1 aromatic carbocycles. The van der Waals surface area contributed by atoms with Crippen molar-refractivity contribution in [2.24, 2.45) is 0 Å². The van der Waals surface area contributed by atoms with E-state index in [0.29, 0.717) is 12.8 Å². The first kappa shape index (κ1) is 14.5. The van der Waals surface area contributed by atoms with Crippen molar-refractivity contribution in [3.63, 3.8) is 0 Å². The first-order chi connectivity index (χ1) is 11.2. The van der Waals surface area contributed by atoms with Crippen LogP contribution in [0.15, 0.2) is 36.7 Å². The molecule has 3 aromatic rings. The quantitative estimate of drug-likeness (QED) is 0.784. The molecule has 1 aliphatic rings. The number of hydrogen-bond donors (Lipinski definition) is 1. The fourth-order valence-corrected chi connectivity index (χ4v) is 3.95. The van der Waals surface area contributed by atoms with Gasteiger partial charge in [0, 0.05) is 13.1 Å². The van der Waals surface area contributed by atoms with Crippen molar-refractivity contribution in [2.45, 2.75) is 25.4 Å². The Hall–Kier alpha value is -2.05. The van der Waals surface area contributed by atoms with Crippen molar-refractivity contribution in [2.75, 3.05) is 18.0 Å². The summed E-state index contributed by atoms with van der Waals surface area (Å²) in [6.45, 7) is 3.50. The number of rotatable bonds is 2. The predicted molar refractivity (Wildman–Crippen MR) is 91.7 cm³/mol. The first-order valence-corrected chi connectivity index (χ1v) is 8.58. The molecule has 0 bridgehead atoms. The van der Waals surface area contributed by atoms with E-state index in [1.54, 1.807) is 17.7 Å². The van der Waals surface area contributed by atoms with Gasteiger partial charge in [-0.1, -0.05) is 41.7 Å². The monoisotopic (exact) mass is 326 g/mol. The number of aryl methyl sites for hydroxylation is 1. The molecule has 6 heteroatoms. The summed E-state index contributed by atoms with van der Waals surface area (Å²) in [5.41, 5.74) is 1.12. The second-order valence-electron chi connectivity index (χ2n) is 5.97. The van der Waals surface area contributed by atoms with Crippen LogP contribution in [0.25, 0.3) is 10.3 Å². The van der Waals surface area contributed by atoms with Crippen molar-refractivity contribution in [1.29, 1.82) is 0 Å². The third-order valence-corrected chi connectivity index (χ3v) is 5.36. The molecule has 0 saturated carbocycles. The van der Waals surface area contributed by atoms with Gasteiger partial charge in [0.1, 0.15) is 16.7 Å². The number of hydrogen-bond acceptors (Lipinski definition) is 6. The molecule has 5 nitrogen and oxygen atoms in total. The molecule has 118 valence electrons. The minimum absolute atomic E-state index is 0.686. The van der Waals surface area contributed by atoms with Gasteiger partial charge in [0.25, 0.3) is 0 Å². The van der Waals surface area contributed by atoms with Crippen LogP contribution in [-0.2, 0) is 5.60 Å². The van der Waals surface area contributed by atoms with E-state index in [9.17, 15) is 5.11 Å². The fraction of sp³-hybridized carbons (Fsp3) is 0.353. The van der Waals surface area contributed by atoms with Crippen molar-refractivity contribution in [3.05, 3.63) is 47.2 Å². The van der Waals surface area contributed by atoms with E-state index in [1.807, 2.05) is 37.3 Å². The molecule has 1 N–H and O–H groups in total. The zero-order valence-electron chi connectivity index (χ0n) is 12.9. The van der Waals surface area contributed by atoms with E-state index in [2.05, 4.69) is 19.9 Å². The maximum absolute atomic E-state index is 11.0. The fourth-order valence-electron chi connectivity index (χ4n) is 3.20. The molecule has 3 heterocycles. The standard InChI is InChI=1S/C17H18N4OS/c1-12-20-14-15(18-11-19-16(14)23-12)21-9-7-17(22,8-10-21)13-5-3-2-4-6-13/h2-6,11,22H,7-10H2,1H3. The Morgan fingerprint density at radius 2 is 1.87 bits per heavy atom. The maximum Gasteiger partial charge on any atom is 0.159 e. The Balaban J connectivity index is 1.60. The zero-order valence-corrected chi connectivity index (χ0v) is 13.8. The predicted octanol–water partition coefficient (Wildman–Crippen LogP) is 2.88. The molecular formula is C17H18N4OS. The second kappa shape index (κ2) is 5.54. The largest absolute Gasteiger partial charge is 0.385 e. The SMILES string of the molecule is Cc1nc2c(N3CCC(O)(c4ccccc4)CC3)ncnc2s1. The van der Waals surface area contributed by atoms with E-state index >= 15 is 0 Å². The van der Waals surface area contributed by atoms with Crippen LogP contribution in [0, 0.1) is 6.92 Å². The lowest BCUT2D eigenvalue weighted by Crippen LogP contribution is -2.43. The number of anilines is 1. The van der Waals surface area contributed by atoms with Crippen molar-refractivity contribution in [1.82, 2.24) is 15.0 Å². The highest BCUT2D eigenvalue weighted by molar-refractivity contribution is 7.18. The van der Waals surface area contributed by atoms with Gasteiger partial charge in [0.05, 0.1) is 10.6 Å². The van der Waals surface area contributed by atoms with E-state index in [0.717, 1.165) is 39.8 Å². The molecule has 23 heavy (non-hydrogen) atoms. The first-order valence-electron chi connectivity index (χ1n) is 7.77. The summed E-state index contributed by atoms with van der Waals surface area (Å²) in [5, 5.41) is 12.0. The van der Waals surface area contributed by atoms with Gasteiger partial charge in [0.15, 0.2) is 5.82 Å². The molecular weight excluding hydrogens is 308 g/mol. The van der Waals surface area contributed by atoms with Crippen LogP contribution in [0.4, 0.5) is 5.82 Å². The average Bonchev–Trinajstić information content (AvgIpc) is 2.97. The number of benzene rings is 1. The Bertz CT molecular complexity index is 825. The van der Waals surface area contributed by atoms with Gasteiger partial charge in [0.2, 0.25) is 0 Å². The minimum Gasteiger partial charge on any atom is -0.385 e. The molecule has 1 fully saturated rings. The van der Waals surface area contributed by atoms with Crippen LogP contribution in [0.3, 0.4) is 0 Å². The maximum atomic E-state index is 11.0. The lowest BCUT2D eigenvalue weighted by atomic mass is 9.84. The number of fused-ring (bicyclic) bond motifs is 1. The van der Waals surface area contributed by atoms with E-state index in [4.69, 9.17) is 0 Å². The highest BCUT2D eigenvalue weighted by atomic mass is 32.1. The minimum atomic E-state index is -0.748. The summed E-state index contributed by atoms with van der Waals surface area (Å²) in [5.74, 6) is 0.884. The molecule has 2 aromatic heterocycles. The smallest absolute Gasteiger partial charge is 0.159 e. The molecule has 1 saturated heterocycles. The summed E-state index contributed by atoms with van der Waals surface area (Å²) in [6, 6.07) is 9.94. The third-order valence-electron chi connectivity index (χ3n) is 4.48. The van der Waals surface area contributed by atoms with Gasteiger partial charge in [-0.15, -0.1) is 0 Å². The molecule has 1 aliphatic heterocycles. The van der Waals surface area contributed by atoms with Gasteiger partial charge < -0.3 is 10.0 Å². The number of thiazole rings is 1. The second-order valence-corrected chi connectivity index (χ2v) is 7.15. The number of nitrogens with zero attached hydrogens (tertiary/aromatic N) is 4. The summed E-state index contributed by atoms with van der Waals surface area (Å²) >= 11 is 1.59. The Morgan fingerprint density at radius 1 is 1.13 bits per heavy atom. The van der Waals surface area contributed by atoms with E-state index < -0.39 is 5.60 Å². The molecule has 0 atom stereocenters. The highest BCUT2D eigenvalue weighted by Gasteiger charge is 2.34. The van der Waals surface area contributed by atoms with Gasteiger partial charge in [-0.2, -0.15) is 0 Å². The topological polar surface area (TPSA) is 62.1 Å². The average molecular weight is 326 g/mol. The molecule has 0 radical (unpaired) electrons. The Labute approximate surface area is 138 Å². The summed E-state index contributed by atoms with van der Waals surface area (Å²) in [7, 11) is 0. The van der Waals surface area contributed by atoms with Crippen LogP contribution < -0.4 is 4.90 Å². The van der Waals surface area contributed by atoms with Crippen LogP contribution in [0.2, 0.25) is 0 Å². The Morgan fingerprint density at radius 3 is 2.61 bits per heavy atom. The lowest BCUT2D eigenvalue weighted by Gasteiger charge is -2.39. The normalized spacial score (nSPS) is 17.6. The number of piperidine rings is 1. The van der Waals surface area contributed by atoms with E-state index in [1.165, 1.54) is 0 Å². The van der Waals surface area contributed by atoms with Crippen molar-refractivity contribution >= 4 is 27.5 Å². The lowest BCUT2D eigenvalue weighted by molar-refractivity contribution is 0.0117. The zero-order chi connectivity index (χ0) is 15.9. The van der Waals surface area contributed by atoms with E-state index in [-0.39, 0.29) is 0 Å². The highest BCUT2D eigenvalue weighted by Crippen LogP contribution is 2.35. The molecule has 0 spiro atoms. The molecule has 4 rings (SSSR count). The van der Waals surface area contributed by atoms with Crippen molar-refractivity contribution < 1.29 is 5.11 Å². The van der Waals surface area contributed by atoms with Crippen molar-refractivity contribution in [3.8, 4) is 0 Å². The van der Waals surface area contributed by atoms with Crippen LogP contribution in [0.1, 0.15) is 23.4 Å². The molecule has 0 amide bonds. The number of aromatic nitrogens is 3. The summed E-state index contributed by atoms with van der Waals surface area (Å²) in [4.78, 5) is 16.5. The Kier molecular flexibility index (Phi) is 3.50. The van der Waals surface area contributed by atoms with Gasteiger partial charge in [-0.05, 0) is 25.3 Å². The summed E-state index contributed by atoms with van der Waals surface area (Å²) in [6.07, 6.45) is 2.98. The summed E-state index contributed by atoms with van der Waals surface area (Å²) < 4.78 is 0. The third kappa shape index (κ3) is 2.58. The van der Waals surface area contributed by atoms with Crippen LogP contribution >= 0.6 is 11.3 Å². The molecule has 0 unspecified atom stereocenters.